The number of nitrogens with two attached hydrogens (primary N) is 1. The zero-order chi connectivity index (χ0) is 16.4. The molecule has 1 fully saturated rings. The number of amides is 1. The molecular formula is C18H29ClN2O2. The standard InChI is InChI=1S/C18H28N2O2.ClH/c1-5-22-15-12-18(19,17(15,3)4)16(21)20-11-10-14-9-7-6-8-13(14)2;/h6-9,15H,5,10-12,19H2,1-4H3,(H,20,21);1H. The highest BCUT2D eigenvalue weighted by molar-refractivity contribution is 5.88. The third-order valence-corrected chi connectivity index (χ3v) is 5.18. The minimum absolute atomic E-state index is 0. The van der Waals surface area contributed by atoms with E-state index in [4.69, 9.17) is 10.5 Å². The molecule has 3 N–H and O–H groups in total. The molecule has 0 spiro atoms. The molecule has 0 bridgehead atoms. The van der Waals surface area contributed by atoms with Gasteiger partial charge in [0, 0.05) is 25.0 Å². The Balaban J connectivity index is 0.00000264. The van der Waals surface area contributed by atoms with Crippen LogP contribution in [-0.2, 0) is 16.0 Å². The Labute approximate surface area is 145 Å². The number of benzene rings is 1. The van der Waals surface area contributed by atoms with Crippen molar-refractivity contribution in [2.75, 3.05) is 13.2 Å². The highest BCUT2D eigenvalue weighted by atomic mass is 35.5. The molecule has 1 saturated carbocycles. The summed E-state index contributed by atoms with van der Waals surface area (Å²) in [4.78, 5) is 12.5. The summed E-state index contributed by atoms with van der Waals surface area (Å²) < 4.78 is 5.67. The van der Waals surface area contributed by atoms with Crippen molar-refractivity contribution in [2.45, 2.75) is 52.2 Å². The van der Waals surface area contributed by atoms with Gasteiger partial charge in [0.2, 0.25) is 5.91 Å². The van der Waals surface area contributed by atoms with E-state index in [0.29, 0.717) is 19.6 Å². The molecule has 1 aromatic carbocycles. The van der Waals surface area contributed by atoms with Crippen LogP contribution in [0.1, 0.15) is 38.3 Å². The number of carbonyl (C=O) groups is 1. The molecule has 0 saturated heterocycles. The van der Waals surface area contributed by atoms with Crippen molar-refractivity contribution in [3.63, 3.8) is 0 Å². The molecule has 2 unspecified atom stereocenters. The lowest BCUT2D eigenvalue weighted by atomic mass is 9.54. The average Bonchev–Trinajstić information content (AvgIpc) is 2.48. The molecule has 1 amide bonds. The molecule has 0 radical (unpaired) electrons. The highest BCUT2D eigenvalue weighted by Gasteiger charge is 2.62. The van der Waals surface area contributed by atoms with E-state index in [1.54, 1.807) is 0 Å². The van der Waals surface area contributed by atoms with Crippen LogP contribution in [-0.4, -0.2) is 30.7 Å². The Morgan fingerprint density at radius 3 is 2.61 bits per heavy atom. The van der Waals surface area contributed by atoms with Gasteiger partial charge in [-0.2, -0.15) is 0 Å². The van der Waals surface area contributed by atoms with E-state index < -0.39 is 5.54 Å². The van der Waals surface area contributed by atoms with Crippen molar-refractivity contribution in [3.8, 4) is 0 Å². The molecule has 2 atom stereocenters. The zero-order valence-corrected chi connectivity index (χ0v) is 15.3. The topological polar surface area (TPSA) is 64.3 Å². The molecule has 1 aliphatic rings. The molecule has 130 valence electrons. The van der Waals surface area contributed by atoms with Gasteiger partial charge in [-0.05, 0) is 31.4 Å². The van der Waals surface area contributed by atoms with E-state index in [0.717, 1.165) is 6.42 Å². The summed E-state index contributed by atoms with van der Waals surface area (Å²) in [6.45, 7) is 9.34. The van der Waals surface area contributed by atoms with E-state index in [2.05, 4.69) is 24.4 Å². The van der Waals surface area contributed by atoms with E-state index in [1.807, 2.05) is 32.9 Å². The highest BCUT2D eigenvalue weighted by Crippen LogP contribution is 2.49. The number of aryl methyl sites for hydroxylation is 1. The third kappa shape index (κ3) is 3.70. The molecule has 23 heavy (non-hydrogen) atoms. The first-order valence-corrected chi connectivity index (χ1v) is 8.06. The van der Waals surface area contributed by atoms with Crippen molar-refractivity contribution in [1.82, 2.24) is 5.32 Å². The fourth-order valence-corrected chi connectivity index (χ4v) is 3.18. The molecule has 0 aliphatic heterocycles. The predicted octanol–water partition coefficient (Wildman–Crippen LogP) is 2.61. The number of nitrogens with one attached hydrogen (secondary N) is 1. The van der Waals surface area contributed by atoms with Crippen LogP contribution >= 0.6 is 12.4 Å². The maximum atomic E-state index is 12.5. The number of ether oxygens (including phenoxy) is 1. The van der Waals surface area contributed by atoms with E-state index in [9.17, 15) is 4.79 Å². The Kier molecular flexibility index (Phi) is 6.63. The smallest absolute Gasteiger partial charge is 0.240 e. The minimum Gasteiger partial charge on any atom is -0.378 e. The summed E-state index contributed by atoms with van der Waals surface area (Å²) in [6, 6.07) is 8.23. The van der Waals surface area contributed by atoms with Gasteiger partial charge in [-0.25, -0.2) is 0 Å². The minimum atomic E-state index is -0.835. The van der Waals surface area contributed by atoms with Crippen molar-refractivity contribution in [3.05, 3.63) is 35.4 Å². The van der Waals surface area contributed by atoms with Crippen molar-refractivity contribution < 1.29 is 9.53 Å². The van der Waals surface area contributed by atoms with E-state index in [1.165, 1.54) is 11.1 Å². The molecule has 0 heterocycles. The predicted molar refractivity (Wildman–Crippen MR) is 95.9 cm³/mol. The van der Waals surface area contributed by atoms with Gasteiger partial charge in [0.1, 0.15) is 5.54 Å². The van der Waals surface area contributed by atoms with Crippen molar-refractivity contribution in [2.24, 2.45) is 11.1 Å². The summed E-state index contributed by atoms with van der Waals surface area (Å²) >= 11 is 0. The summed E-state index contributed by atoms with van der Waals surface area (Å²) in [5.41, 5.74) is 7.70. The lowest BCUT2D eigenvalue weighted by molar-refractivity contribution is -0.170. The molecule has 0 aromatic heterocycles. The zero-order valence-electron chi connectivity index (χ0n) is 14.5. The van der Waals surface area contributed by atoms with Crippen LogP contribution in [0.25, 0.3) is 0 Å². The summed E-state index contributed by atoms with van der Waals surface area (Å²) in [5, 5.41) is 3.00. The maximum Gasteiger partial charge on any atom is 0.240 e. The fraction of sp³-hybridized carbons (Fsp3) is 0.611. The number of hydrogen-bond donors (Lipinski definition) is 2. The number of halogens is 1. The lowest BCUT2D eigenvalue weighted by Crippen LogP contribution is -2.75. The fourth-order valence-electron chi connectivity index (χ4n) is 3.18. The van der Waals surface area contributed by atoms with Gasteiger partial charge in [-0.1, -0.05) is 38.1 Å². The van der Waals surface area contributed by atoms with Gasteiger partial charge in [0.05, 0.1) is 6.10 Å². The Morgan fingerprint density at radius 1 is 1.39 bits per heavy atom. The second kappa shape index (κ2) is 7.65. The van der Waals surface area contributed by atoms with Crippen LogP contribution in [0.3, 0.4) is 0 Å². The second-order valence-electron chi connectivity index (χ2n) is 6.77. The van der Waals surface area contributed by atoms with E-state index >= 15 is 0 Å². The summed E-state index contributed by atoms with van der Waals surface area (Å²) in [6.07, 6.45) is 1.47. The van der Waals surface area contributed by atoms with Crippen LogP contribution in [0.2, 0.25) is 0 Å². The quantitative estimate of drug-likeness (QED) is 0.836. The van der Waals surface area contributed by atoms with Crippen LogP contribution in [0.15, 0.2) is 24.3 Å². The lowest BCUT2D eigenvalue weighted by Gasteiger charge is -2.57. The maximum absolute atomic E-state index is 12.5. The first-order valence-electron chi connectivity index (χ1n) is 8.06. The second-order valence-corrected chi connectivity index (χ2v) is 6.77. The molecule has 4 nitrogen and oxygen atoms in total. The Bertz CT molecular complexity index is 548. The molecule has 1 aromatic rings. The summed E-state index contributed by atoms with van der Waals surface area (Å²) in [5.74, 6) is -0.0676. The van der Waals surface area contributed by atoms with Crippen LogP contribution in [0.5, 0.6) is 0 Å². The Hall–Kier alpha value is -1.10. The average molecular weight is 341 g/mol. The largest absolute Gasteiger partial charge is 0.378 e. The van der Waals surface area contributed by atoms with Crippen molar-refractivity contribution >= 4 is 18.3 Å². The van der Waals surface area contributed by atoms with Gasteiger partial charge in [-0.15, -0.1) is 12.4 Å². The van der Waals surface area contributed by atoms with Crippen LogP contribution in [0.4, 0.5) is 0 Å². The third-order valence-electron chi connectivity index (χ3n) is 5.18. The SMILES string of the molecule is CCOC1CC(N)(C(=O)NCCc2ccccc2C)C1(C)C.Cl. The van der Waals surface area contributed by atoms with Crippen LogP contribution in [0, 0.1) is 12.3 Å². The first-order chi connectivity index (χ1) is 10.3. The number of hydrogen-bond acceptors (Lipinski definition) is 3. The van der Waals surface area contributed by atoms with Gasteiger partial charge in [0.25, 0.3) is 0 Å². The molecule has 1 aliphatic carbocycles. The van der Waals surface area contributed by atoms with Gasteiger partial charge < -0.3 is 15.8 Å². The van der Waals surface area contributed by atoms with Gasteiger partial charge in [0.15, 0.2) is 0 Å². The van der Waals surface area contributed by atoms with Gasteiger partial charge >= 0.3 is 0 Å². The Morgan fingerprint density at radius 2 is 2.04 bits per heavy atom. The van der Waals surface area contributed by atoms with Crippen molar-refractivity contribution in [1.29, 1.82) is 0 Å². The number of rotatable bonds is 6. The number of carbonyl (C=O) groups excluding carboxylic acids is 1. The summed E-state index contributed by atoms with van der Waals surface area (Å²) in [7, 11) is 0. The van der Waals surface area contributed by atoms with E-state index in [-0.39, 0.29) is 29.8 Å². The van der Waals surface area contributed by atoms with Crippen LogP contribution < -0.4 is 11.1 Å². The normalized spacial score (nSPS) is 25.2. The molecule has 2 rings (SSSR count). The first kappa shape index (κ1) is 19.9. The van der Waals surface area contributed by atoms with Gasteiger partial charge in [-0.3, -0.25) is 4.79 Å². The molecular weight excluding hydrogens is 312 g/mol. The molecule has 5 heteroatoms. The monoisotopic (exact) mass is 340 g/mol.